The Balaban J connectivity index is 2.37. The zero-order chi connectivity index (χ0) is 13.8. The first-order valence-electron chi connectivity index (χ1n) is 6.68. The van der Waals surface area contributed by atoms with Gasteiger partial charge in [0.05, 0.1) is 31.1 Å². The van der Waals surface area contributed by atoms with Gasteiger partial charge in [0.2, 0.25) is 0 Å². The molecule has 3 N–H and O–H groups in total. The van der Waals surface area contributed by atoms with Crippen molar-refractivity contribution in [3.63, 3.8) is 0 Å². The minimum atomic E-state index is -0.459. The number of nitrogen functional groups attached to an aromatic ring is 1. The Labute approximate surface area is 113 Å². The van der Waals surface area contributed by atoms with Gasteiger partial charge in [0.1, 0.15) is 0 Å². The molecule has 0 saturated carbocycles. The van der Waals surface area contributed by atoms with Gasteiger partial charge in [0, 0.05) is 18.7 Å². The van der Waals surface area contributed by atoms with Crippen LogP contribution in [-0.2, 0) is 0 Å². The van der Waals surface area contributed by atoms with E-state index in [4.69, 9.17) is 10.5 Å². The smallest absolute Gasteiger partial charge is 0.167 e. The van der Waals surface area contributed by atoms with Crippen LogP contribution in [-0.4, -0.2) is 31.4 Å². The van der Waals surface area contributed by atoms with Crippen molar-refractivity contribution in [1.29, 1.82) is 0 Å². The Hall–Kier alpha value is -1.49. The van der Waals surface area contributed by atoms with E-state index in [1.165, 1.54) is 13.2 Å². The van der Waals surface area contributed by atoms with Crippen molar-refractivity contribution in [3.8, 4) is 5.75 Å². The lowest BCUT2D eigenvalue weighted by Gasteiger charge is -2.32. The third kappa shape index (κ3) is 2.92. The molecule has 1 aromatic carbocycles. The largest absolute Gasteiger partial charge is 0.494 e. The summed E-state index contributed by atoms with van der Waals surface area (Å²) < 4.78 is 18.6. The van der Waals surface area contributed by atoms with Gasteiger partial charge in [-0.15, -0.1) is 0 Å². The molecular formula is C14H21FN2O2. The lowest BCUT2D eigenvalue weighted by Crippen LogP contribution is -2.38. The number of methoxy groups -OCH3 is 1. The zero-order valence-electron chi connectivity index (χ0n) is 11.2. The Morgan fingerprint density at radius 1 is 1.42 bits per heavy atom. The highest BCUT2D eigenvalue weighted by molar-refractivity contribution is 5.70. The van der Waals surface area contributed by atoms with Crippen LogP contribution in [0.5, 0.6) is 5.75 Å². The third-order valence-electron chi connectivity index (χ3n) is 3.70. The topological polar surface area (TPSA) is 58.7 Å². The van der Waals surface area contributed by atoms with E-state index in [-0.39, 0.29) is 18.4 Å². The molecule has 1 aliphatic rings. The fourth-order valence-corrected chi connectivity index (χ4v) is 2.65. The van der Waals surface area contributed by atoms with Gasteiger partial charge >= 0.3 is 0 Å². The van der Waals surface area contributed by atoms with Crippen molar-refractivity contribution in [1.82, 2.24) is 0 Å². The lowest BCUT2D eigenvalue weighted by molar-refractivity contribution is 0.255. The summed E-state index contributed by atoms with van der Waals surface area (Å²) in [6, 6.07) is 2.95. The molecule has 106 valence electrons. The Bertz CT molecular complexity index is 440. The fourth-order valence-electron chi connectivity index (χ4n) is 2.65. The van der Waals surface area contributed by atoms with Crippen LogP contribution in [0.3, 0.4) is 0 Å². The molecule has 1 aromatic rings. The average molecular weight is 268 g/mol. The predicted octanol–water partition coefficient (Wildman–Crippen LogP) is 2.16. The number of halogens is 1. The number of hydrogen-bond donors (Lipinski definition) is 2. The quantitative estimate of drug-likeness (QED) is 0.825. The Morgan fingerprint density at radius 2 is 2.21 bits per heavy atom. The summed E-state index contributed by atoms with van der Waals surface area (Å²) in [6.45, 7) is 0.906. The van der Waals surface area contributed by atoms with Gasteiger partial charge < -0.3 is 20.5 Å². The first kappa shape index (κ1) is 13.9. The normalized spacial score (nSPS) is 20.2. The summed E-state index contributed by atoms with van der Waals surface area (Å²) >= 11 is 0. The molecule has 0 bridgehead atoms. The van der Waals surface area contributed by atoms with E-state index < -0.39 is 5.82 Å². The first-order chi connectivity index (χ1) is 9.17. The molecule has 1 aliphatic heterocycles. The number of nitrogens with zero attached hydrogens (tertiary/aromatic N) is 1. The standard InChI is InChI=1S/C14H21FN2O2/c1-19-14-8-13(12(16)7-11(14)15)17-6-4-2-3-5-10(17)9-18/h7-8,10,18H,2-6,9,16H2,1H3. The first-order valence-corrected chi connectivity index (χ1v) is 6.68. The fraction of sp³-hybridized carbons (Fsp3) is 0.571. The van der Waals surface area contributed by atoms with Gasteiger partial charge in [-0.1, -0.05) is 12.8 Å². The molecule has 1 atom stereocenters. The van der Waals surface area contributed by atoms with Crippen LogP contribution in [0, 0.1) is 5.82 Å². The molecule has 0 aliphatic carbocycles. The highest BCUT2D eigenvalue weighted by Crippen LogP contribution is 2.34. The van der Waals surface area contributed by atoms with E-state index in [9.17, 15) is 9.50 Å². The highest BCUT2D eigenvalue weighted by Gasteiger charge is 2.23. The van der Waals surface area contributed by atoms with E-state index in [0.717, 1.165) is 37.9 Å². The molecule has 1 fully saturated rings. The summed E-state index contributed by atoms with van der Waals surface area (Å²) in [7, 11) is 1.43. The Morgan fingerprint density at radius 3 is 2.89 bits per heavy atom. The molecular weight excluding hydrogens is 247 g/mol. The van der Waals surface area contributed by atoms with Crippen LogP contribution >= 0.6 is 0 Å². The molecule has 2 rings (SSSR count). The monoisotopic (exact) mass is 268 g/mol. The van der Waals surface area contributed by atoms with E-state index >= 15 is 0 Å². The number of ether oxygens (including phenoxy) is 1. The molecule has 0 spiro atoms. The second kappa shape index (κ2) is 6.10. The third-order valence-corrected chi connectivity index (χ3v) is 3.70. The molecule has 1 heterocycles. The summed E-state index contributed by atoms with van der Waals surface area (Å²) in [5.74, 6) is -0.274. The summed E-state index contributed by atoms with van der Waals surface area (Å²) in [6.07, 6.45) is 4.22. The van der Waals surface area contributed by atoms with E-state index in [2.05, 4.69) is 4.90 Å². The molecule has 19 heavy (non-hydrogen) atoms. The molecule has 0 aromatic heterocycles. The van der Waals surface area contributed by atoms with Gasteiger partial charge in [-0.2, -0.15) is 0 Å². The summed E-state index contributed by atoms with van der Waals surface area (Å²) in [5.41, 5.74) is 7.06. The molecule has 4 nitrogen and oxygen atoms in total. The lowest BCUT2D eigenvalue weighted by atomic mass is 10.1. The molecule has 0 radical (unpaired) electrons. The number of hydrogen-bond acceptors (Lipinski definition) is 4. The minimum absolute atomic E-state index is 0.0416. The SMILES string of the molecule is COc1cc(N2CCCCCC2CO)c(N)cc1F. The number of aliphatic hydroxyl groups excluding tert-OH is 1. The molecule has 1 unspecified atom stereocenters. The maximum Gasteiger partial charge on any atom is 0.167 e. The van der Waals surface area contributed by atoms with Gasteiger partial charge in [0.15, 0.2) is 11.6 Å². The Kier molecular flexibility index (Phi) is 4.47. The van der Waals surface area contributed by atoms with Crippen LogP contribution in [0.1, 0.15) is 25.7 Å². The van der Waals surface area contributed by atoms with Crippen LogP contribution in [0.4, 0.5) is 15.8 Å². The number of anilines is 2. The molecule has 1 saturated heterocycles. The number of aliphatic hydroxyl groups is 1. The van der Waals surface area contributed by atoms with Crippen molar-refractivity contribution < 1.29 is 14.2 Å². The second-order valence-electron chi connectivity index (χ2n) is 4.92. The maximum atomic E-state index is 13.6. The van der Waals surface area contributed by atoms with Crippen LogP contribution < -0.4 is 15.4 Å². The van der Waals surface area contributed by atoms with Crippen molar-refractivity contribution in [2.75, 3.05) is 30.9 Å². The van der Waals surface area contributed by atoms with Crippen LogP contribution in [0.15, 0.2) is 12.1 Å². The van der Waals surface area contributed by atoms with Gasteiger partial charge in [-0.05, 0) is 12.8 Å². The van der Waals surface area contributed by atoms with Crippen LogP contribution in [0.2, 0.25) is 0 Å². The minimum Gasteiger partial charge on any atom is -0.494 e. The summed E-state index contributed by atoms with van der Waals surface area (Å²) in [4.78, 5) is 2.07. The highest BCUT2D eigenvalue weighted by atomic mass is 19.1. The molecule has 5 heteroatoms. The number of rotatable bonds is 3. The van der Waals surface area contributed by atoms with E-state index in [1.54, 1.807) is 6.07 Å². The second-order valence-corrected chi connectivity index (χ2v) is 4.92. The van der Waals surface area contributed by atoms with Gasteiger partial charge in [0.25, 0.3) is 0 Å². The average Bonchev–Trinajstić information content (AvgIpc) is 2.64. The van der Waals surface area contributed by atoms with Crippen molar-refractivity contribution >= 4 is 11.4 Å². The van der Waals surface area contributed by atoms with Crippen molar-refractivity contribution in [2.45, 2.75) is 31.7 Å². The van der Waals surface area contributed by atoms with Gasteiger partial charge in [-0.25, -0.2) is 4.39 Å². The van der Waals surface area contributed by atoms with Gasteiger partial charge in [-0.3, -0.25) is 0 Å². The van der Waals surface area contributed by atoms with E-state index in [1.807, 2.05) is 0 Å². The maximum absolute atomic E-state index is 13.6. The predicted molar refractivity (Wildman–Crippen MR) is 74.1 cm³/mol. The van der Waals surface area contributed by atoms with Crippen molar-refractivity contribution in [2.24, 2.45) is 0 Å². The zero-order valence-corrected chi connectivity index (χ0v) is 11.2. The van der Waals surface area contributed by atoms with Crippen LogP contribution in [0.25, 0.3) is 0 Å². The molecule has 0 amide bonds. The number of nitrogens with two attached hydrogens (primary N) is 1. The van der Waals surface area contributed by atoms with Crippen molar-refractivity contribution in [3.05, 3.63) is 17.9 Å². The number of benzene rings is 1. The summed E-state index contributed by atoms with van der Waals surface area (Å²) in [5, 5.41) is 9.53. The van der Waals surface area contributed by atoms with E-state index in [0.29, 0.717) is 5.69 Å².